The van der Waals surface area contributed by atoms with E-state index in [2.05, 4.69) is 15.6 Å². The van der Waals surface area contributed by atoms with Gasteiger partial charge in [-0.25, -0.2) is 4.79 Å². The second kappa shape index (κ2) is 11.0. The van der Waals surface area contributed by atoms with Gasteiger partial charge in [0.2, 0.25) is 0 Å². The van der Waals surface area contributed by atoms with Gasteiger partial charge in [0.1, 0.15) is 23.7 Å². The number of rotatable bonds is 8. The second-order valence-electron chi connectivity index (χ2n) is 7.87. The topological polar surface area (TPSA) is 116 Å². The van der Waals surface area contributed by atoms with E-state index in [0.717, 1.165) is 0 Å². The fourth-order valence-corrected chi connectivity index (χ4v) is 4.04. The molecule has 1 aliphatic rings. The van der Waals surface area contributed by atoms with E-state index in [9.17, 15) is 15.0 Å². The van der Waals surface area contributed by atoms with Gasteiger partial charge in [0.15, 0.2) is 5.84 Å². The highest BCUT2D eigenvalue weighted by atomic mass is 35.5. The molecule has 0 saturated heterocycles. The number of aliphatic imine (C=N–C) groups is 1. The second-order valence-corrected chi connectivity index (χ2v) is 8.28. The Morgan fingerprint density at radius 3 is 2.57 bits per heavy atom. The van der Waals surface area contributed by atoms with Crippen molar-refractivity contribution in [1.29, 1.82) is 0 Å². The lowest BCUT2D eigenvalue weighted by Crippen LogP contribution is -2.35. The number of pyridine rings is 1. The maximum absolute atomic E-state index is 12.9. The van der Waals surface area contributed by atoms with Crippen LogP contribution in [0.3, 0.4) is 0 Å². The molecule has 4 rings (SSSR count). The molecular formula is C26H25ClN4O4. The van der Waals surface area contributed by atoms with Gasteiger partial charge in [-0.05, 0) is 55.3 Å². The summed E-state index contributed by atoms with van der Waals surface area (Å²) in [7, 11) is 1.32. The number of anilines is 1. The zero-order valence-electron chi connectivity index (χ0n) is 19.0. The minimum absolute atomic E-state index is 0.135. The summed E-state index contributed by atoms with van der Waals surface area (Å²) < 4.78 is 5.10. The van der Waals surface area contributed by atoms with E-state index in [0.29, 0.717) is 45.5 Å². The number of phenols is 1. The third-order valence-electron chi connectivity index (χ3n) is 5.51. The lowest BCUT2D eigenvalue weighted by Gasteiger charge is -2.28. The summed E-state index contributed by atoms with van der Waals surface area (Å²) in [4.78, 5) is 22.1. The first-order chi connectivity index (χ1) is 17.0. The van der Waals surface area contributed by atoms with Crippen molar-refractivity contribution in [2.75, 3.05) is 12.4 Å². The largest absolute Gasteiger partial charge is 0.508 e. The number of carbonyl (C=O) groups excluding carboxylic acids is 1. The van der Waals surface area contributed by atoms with Crippen LogP contribution in [-0.4, -0.2) is 40.3 Å². The van der Waals surface area contributed by atoms with Gasteiger partial charge >= 0.3 is 5.97 Å². The first-order valence-electron chi connectivity index (χ1n) is 11.0. The Morgan fingerprint density at radius 2 is 1.89 bits per heavy atom. The first-order valence-corrected chi connectivity index (χ1v) is 11.4. The molecule has 0 bridgehead atoms. The number of methoxy groups -OCH3 is 1. The molecule has 1 aliphatic heterocycles. The number of ether oxygens (including phenoxy) is 1. The number of esters is 1. The van der Waals surface area contributed by atoms with Gasteiger partial charge in [0.25, 0.3) is 0 Å². The number of hydrogen-bond acceptors (Lipinski definition) is 8. The van der Waals surface area contributed by atoms with Crippen LogP contribution >= 0.6 is 11.6 Å². The van der Waals surface area contributed by atoms with Crippen LogP contribution in [0.25, 0.3) is 0 Å². The molecule has 4 N–H and O–H groups in total. The van der Waals surface area contributed by atoms with Crippen molar-refractivity contribution in [3.05, 3.63) is 100 Å². The number of halogens is 1. The van der Waals surface area contributed by atoms with Crippen LogP contribution in [0.15, 0.2) is 89.2 Å². The smallest absolute Gasteiger partial charge is 0.338 e. The highest BCUT2D eigenvalue weighted by Crippen LogP contribution is 2.37. The normalized spacial score (nSPS) is 16.2. The zero-order chi connectivity index (χ0) is 24.8. The summed E-state index contributed by atoms with van der Waals surface area (Å²) >= 11 is 6.49. The fraction of sp³-hybridized carbons (Fsp3) is 0.192. The Morgan fingerprint density at radius 1 is 1.14 bits per heavy atom. The number of aliphatic hydroxyl groups excluding tert-OH is 1. The molecule has 180 valence electrons. The number of aromatic hydroxyl groups is 1. The fourth-order valence-electron chi connectivity index (χ4n) is 3.80. The average molecular weight is 493 g/mol. The predicted molar refractivity (Wildman–Crippen MR) is 134 cm³/mol. The summed E-state index contributed by atoms with van der Waals surface area (Å²) in [5.74, 6) is 0.0812. The first kappa shape index (κ1) is 24.3. The monoisotopic (exact) mass is 492 g/mol. The van der Waals surface area contributed by atoms with Crippen LogP contribution in [0, 0.1) is 0 Å². The SMILES string of the molecule is COC(=O)C1=C(CCC(O)Nc2ccc(O)cc2)NC(c2ccccn2)=NC1c1ccccc1Cl. The Hall–Kier alpha value is -3.88. The molecule has 3 aromatic rings. The standard InChI is InChI=1S/C26H25ClN4O4/c1-35-26(34)23-20(13-14-22(33)29-16-9-11-17(32)12-10-16)30-25(21-8-4-5-15-28-21)31-24(23)18-6-2-3-7-19(18)27/h2-12,15,22,24,29,32-33H,13-14H2,1H3,(H,30,31). The number of allylic oxidation sites excluding steroid dienone is 1. The van der Waals surface area contributed by atoms with Gasteiger partial charge < -0.3 is 25.6 Å². The molecule has 2 aromatic carbocycles. The highest BCUT2D eigenvalue weighted by Gasteiger charge is 2.33. The molecule has 0 amide bonds. The molecule has 0 spiro atoms. The molecule has 0 radical (unpaired) electrons. The molecule has 2 atom stereocenters. The molecule has 35 heavy (non-hydrogen) atoms. The minimum atomic E-state index is -0.913. The molecular weight excluding hydrogens is 468 g/mol. The number of nitrogens with zero attached hydrogens (tertiary/aromatic N) is 2. The maximum Gasteiger partial charge on any atom is 0.338 e. The highest BCUT2D eigenvalue weighted by molar-refractivity contribution is 6.31. The number of carbonyl (C=O) groups is 1. The van der Waals surface area contributed by atoms with E-state index in [1.165, 1.54) is 19.2 Å². The summed E-state index contributed by atoms with van der Waals surface area (Å²) in [6.45, 7) is 0. The Bertz CT molecular complexity index is 1250. The third-order valence-corrected chi connectivity index (χ3v) is 5.85. The van der Waals surface area contributed by atoms with Gasteiger partial charge in [-0.15, -0.1) is 0 Å². The zero-order valence-corrected chi connectivity index (χ0v) is 19.7. The quantitative estimate of drug-likeness (QED) is 0.212. The molecule has 2 heterocycles. The van der Waals surface area contributed by atoms with Crippen LogP contribution in [0.4, 0.5) is 5.69 Å². The number of phenolic OH excluding ortho intramolecular Hbond substituents is 1. The number of nitrogens with one attached hydrogen (secondary N) is 2. The van der Waals surface area contributed by atoms with Crippen LogP contribution in [0.5, 0.6) is 5.75 Å². The van der Waals surface area contributed by atoms with Crippen LogP contribution < -0.4 is 10.6 Å². The van der Waals surface area contributed by atoms with Crippen LogP contribution in [-0.2, 0) is 9.53 Å². The lowest BCUT2D eigenvalue weighted by atomic mass is 9.93. The number of hydrogen-bond donors (Lipinski definition) is 4. The number of aliphatic hydroxyl groups is 1. The molecule has 9 heteroatoms. The van der Waals surface area contributed by atoms with E-state index < -0.39 is 18.2 Å². The molecule has 0 fully saturated rings. The number of benzene rings is 2. The van der Waals surface area contributed by atoms with Gasteiger partial charge in [0.05, 0.1) is 12.7 Å². The van der Waals surface area contributed by atoms with E-state index >= 15 is 0 Å². The van der Waals surface area contributed by atoms with E-state index in [1.807, 2.05) is 30.3 Å². The van der Waals surface area contributed by atoms with Gasteiger partial charge in [0, 0.05) is 28.2 Å². The van der Waals surface area contributed by atoms with Crippen molar-refractivity contribution in [1.82, 2.24) is 10.3 Å². The predicted octanol–water partition coefficient (Wildman–Crippen LogP) is 4.17. The third kappa shape index (κ3) is 5.79. The van der Waals surface area contributed by atoms with E-state index in [-0.39, 0.29) is 12.2 Å². The van der Waals surface area contributed by atoms with Crippen LogP contribution in [0.1, 0.15) is 30.1 Å². The van der Waals surface area contributed by atoms with Crippen molar-refractivity contribution >= 4 is 29.1 Å². The molecule has 1 aromatic heterocycles. The van der Waals surface area contributed by atoms with E-state index in [1.54, 1.807) is 30.5 Å². The summed E-state index contributed by atoms with van der Waals surface area (Å²) in [6, 6.07) is 18.3. The van der Waals surface area contributed by atoms with Crippen molar-refractivity contribution in [2.45, 2.75) is 25.1 Å². The van der Waals surface area contributed by atoms with Crippen molar-refractivity contribution in [3.8, 4) is 5.75 Å². The summed E-state index contributed by atoms with van der Waals surface area (Å²) in [5.41, 5.74) is 2.79. The maximum atomic E-state index is 12.9. The Labute approximate surface area is 208 Å². The Balaban J connectivity index is 1.67. The van der Waals surface area contributed by atoms with Crippen LogP contribution in [0.2, 0.25) is 5.02 Å². The van der Waals surface area contributed by atoms with Crippen molar-refractivity contribution < 1.29 is 19.7 Å². The van der Waals surface area contributed by atoms with Crippen molar-refractivity contribution in [2.24, 2.45) is 4.99 Å². The molecule has 8 nitrogen and oxygen atoms in total. The molecule has 0 aliphatic carbocycles. The van der Waals surface area contributed by atoms with Gasteiger partial charge in [-0.1, -0.05) is 35.9 Å². The van der Waals surface area contributed by atoms with Gasteiger partial charge in [-0.2, -0.15) is 0 Å². The Kier molecular flexibility index (Phi) is 7.64. The number of amidine groups is 1. The van der Waals surface area contributed by atoms with Gasteiger partial charge in [-0.3, -0.25) is 9.98 Å². The molecule has 2 unspecified atom stereocenters. The lowest BCUT2D eigenvalue weighted by molar-refractivity contribution is -0.136. The summed E-state index contributed by atoms with van der Waals surface area (Å²) in [5, 5.41) is 26.7. The summed E-state index contributed by atoms with van der Waals surface area (Å²) in [6.07, 6.45) is 1.33. The average Bonchev–Trinajstić information content (AvgIpc) is 2.88. The number of aromatic nitrogens is 1. The van der Waals surface area contributed by atoms with E-state index in [4.69, 9.17) is 21.3 Å². The molecule has 0 saturated carbocycles. The van der Waals surface area contributed by atoms with Crippen molar-refractivity contribution in [3.63, 3.8) is 0 Å². The minimum Gasteiger partial charge on any atom is -0.508 e.